The second-order valence-corrected chi connectivity index (χ2v) is 10.4. The van der Waals surface area contributed by atoms with Crippen molar-refractivity contribution in [3.63, 3.8) is 0 Å². The number of anilines is 1. The van der Waals surface area contributed by atoms with Crippen LogP contribution in [0.4, 0.5) is 5.82 Å². The highest BCUT2D eigenvalue weighted by atomic mass is 16.3. The molecule has 1 aromatic heterocycles. The summed E-state index contributed by atoms with van der Waals surface area (Å²) in [6.45, 7) is 9.83. The van der Waals surface area contributed by atoms with E-state index in [4.69, 9.17) is 4.99 Å². The van der Waals surface area contributed by atoms with Gasteiger partial charge in [0.15, 0.2) is 6.29 Å². The molecule has 1 saturated heterocycles. The topological polar surface area (TPSA) is 76.9 Å². The highest BCUT2D eigenvalue weighted by Gasteiger charge is 2.28. The van der Waals surface area contributed by atoms with Gasteiger partial charge < -0.3 is 20.3 Å². The van der Waals surface area contributed by atoms with E-state index in [-0.39, 0.29) is 12.4 Å². The van der Waals surface area contributed by atoms with Crippen LogP contribution >= 0.6 is 0 Å². The number of unbranched alkanes of at least 4 members (excludes halogenated alkanes) is 1. The first-order chi connectivity index (χ1) is 17.1. The second-order valence-electron chi connectivity index (χ2n) is 10.4. The zero-order chi connectivity index (χ0) is 24.2. The molecule has 190 valence electrons. The molecule has 1 aromatic carbocycles. The molecule has 3 heterocycles. The number of benzene rings is 1. The highest BCUT2D eigenvalue weighted by molar-refractivity contribution is 5.98. The van der Waals surface area contributed by atoms with Crippen LogP contribution < -0.4 is 16.0 Å². The summed E-state index contributed by atoms with van der Waals surface area (Å²) in [5.74, 6) is 1.16. The summed E-state index contributed by atoms with van der Waals surface area (Å²) in [5.41, 5.74) is 5.01. The van der Waals surface area contributed by atoms with E-state index in [1.165, 1.54) is 28.7 Å². The van der Waals surface area contributed by atoms with Crippen LogP contribution in [0.15, 0.2) is 35.5 Å². The van der Waals surface area contributed by atoms with Crippen LogP contribution in [0.5, 0.6) is 0 Å². The summed E-state index contributed by atoms with van der Waals surface area (Å²) in [6, 6.07) is 9.98. The largest absolute Gasteiger partial charge is 0.393 e. The maximum absolute atomic E-state index is 10.1. The molecule has 7 nitrogen and oxygen atoms in total. The minimum absolute atomic E-state index is 0.0908. The minimum Gasteiger partial charge on any atom is -0.393 e. The van der Waals surface area contributed by atoms with Gasteiger partial charge in [-0.05, 0) is 56.7 Å². The fourth-order valence-corrected chi connectivity index (χ4v) is 5.73. The molecule has 2 fully saturated rings. The zero-order valence-electron chi connectivity index (χ0n) is 21.3. The lowest BCUT2D eigenvalue weighted by atomic mass is 9.93. The Balaban J connectivity index is 1.40. The molecule has 0 spiro atoms. The molecule has 0 radical (unpaired) electrons. The van der Waals surface area contributed by atoms with Gasteiger partial charge >= 0.3 is 0 Å². The summed E-state index contributed by atoms with van der Waals surface area (Å²) in [5, 5.41) is 20.7. The van der Waals surface area contributed by atoms with Gasteiger partial charge in [-0.25, -0.2) is 0 Å². The molecule has 5 rings (SSSR count). The van der Waals surface area contributed by atoms with E-state index in [9.17, 15) is 5.11 Å². The van der Waals surface area contributed by atoms with Gasteiger partial charge in [0.1, 0.15) is 5.82 Å². The molecule has 4 N–H and O–H groups in total. The summed E-state index contributed by atoms with van der Waals surface area (Å²) >= 11 is 0. The van der Waals surface area contributed by atoms with E-state index in [1.54, 1.807) is 0 Å². The van der Waals surface area contributed by atoms with Crippen molar-refractivity contribution in [1.82, 2.24) is 20.1 Å². The number of rotatable bonds is 8. The second kappa shape index (κ2) is 11.2. The molecule has 35 heavy (non-hydrogen) atoms. The molecule has 2 aliphatic heterocycles. The Morgan fingerprint density at radius 1 is 1.11 bits per heavy atom. The quantitative estimate of drug-likeness (QED) is 0.430. The van der Waals surface area contributed by atoms with Crippen LogP contribution in [0.1, 0.15) is 75.6 Å². The molecular formula is C28H42N6O. The predicted octanol–water partition coefficient (Wildman–Crippen LogP) is 4.12. The molecule has 0 amide bonds. The molecule has 2 unspecified atom stereocenters. The fraction of sp³-hybridized carbons (Fsp3) is 0.607. The van der Waals surface area contributed by atoms with Gasteiger partial charge in [0.25, 0.3) is 0 Å². The number of hydrogen-bond acceptors (Lipinski definition) is 6. The molecule has 3 aliphatic rings. The number of aliphatic hydroxyl groups excluding tert-OH is 1. The van der Waals surface area contributed by atoms with Crippen molar-refractivity contribution >= 4 is 12.0 Å². The lowest BCUT2D eigenvalue weighted by molar-refractivity contribution is 0.111. The minimum atomic E-state index is -0.152. The van der Waals surface area contributed by atoms with Gasteiger partial charge in [0.05, 0.1) is 6.10 Å². The molecule has 2 atom stereocenters. The number of piperazine rings is 1. The van der Waals surface area contributed by atoms with Crippen LogP contribution in [0.25, 0.3) is 11.1 Å². The Morgan fingerprint density at radius 3 is 2.57 bits per heavy atom. The van der Waals surface area contributed by atoms with E-state index in [1.807, 2.05) is 0 Å². The monoisotopic (exact) mass is 478 g/mol. The summed E-state index contributed by atoms with van der Waals surface area (Å²) in [4.78, 5) is 7.35. The van der Waals surface area contributed by atoms with Crippen LogP contribution in [0, 0.1) is 0 Å². The van der Waals surface area contributed by atoms with E-state index >= 15 is 0 Å². The first-order valence-electron chi connectivity index (χ1n) is 13.6. The summed E-state index contributed by atoms with van der Waals surface area (Å²) in [6.07, 6.45) is 10.2. The van der Waals surface area contributed by atoms with Crippen molar-refractivity contribution < 1.29 is 5.11 Å². The van der Waals surface area contributed by atoms with Crippen molar-refractivity contribution in [3.8, 4) is 11.1 Å². The molecule has 7 heteroatoms. The predicted molar refractivity (Wildman–Crippen MR) is 144 cm³/mol. The smallest absolute Gasteiger partial charge is 0.174 e. The Kier molecular flexibility index (Phi) is 7.88. The highest BCUT2D eigenvalue weighted by Crippen LogP contribution is 2.39. The number of nitrogens with one attached hydrogen (secondary N) is 3. The number of fused-ring (bicyclic) bond motifs is 1. The number of nitrogens with zero attached hydrogens (tertiary/aromatic N) is 3. The first-order valence-corrected chi connectivity index (χ1v) is 13.6. The maximum atomic E-state index is 10.1. The SMILES string of the molecule is CCCCNC1N=Cc2c(-c3ccc(C(C)N4CCNCC4)cc3)cn(C3CCC(O)CC3)c2N1. The van der Waals surface area contributed by atoms with Crippen LogP contribution in [-0.2, 0) is 0 Å². The molecule has 0 bridgehead atoms. The molecule has 2 aromatic rings. The van der Waals surface area contributed by atoms with E-state index in [0.29, 0.717) is 12.1 Å². The lowest BCUT2D eigenvalue weighted by Gasteiger charge is -2.33. The third kappa shape index (κ3) is 5.48. The van der Waals surface area contributed by atoms with E-state index in [0.717, 1.165) is 70.6 Å². The van der Waals surface area contributed by atoms with Gasteiger partial charge in [-0.15, -0.1) is 0 Å². The Hall–Kier alpha value is -2.19. The summed E-state index contributed by atoms with van der Waals surface area (Å²) in [7, 11) is 0. The van der Waals surface area contributed by atoms with E-state index < -0.39 is 0 Å². The third-order valence-corrected chi connectivity index (χ3v) is 8.03. The van der Waals surface area contributed by atoms with Crippen LogP contribution in [0.3, 0.4) is 0 Å². The number of aliphatic hydroxyl groups is 1. The number of aromatic nitrogens is 1. The van der Waals surface area contributed by atoms with Crippen molar-refractivity contribution in [1.29, 1.82) is 0 Å². The Morgan fingerprint density at radius 2 is 1.86 bits per heavy atom. The van der Waals surface area contributed by atoms with Crippen molar-refractivity contribution in [2.24, 2.45) is 4.99 Å². The maximum Gasteiger partial charge on any atom is 0.174 e. The van der Waals surface area contributed by atoms with Crippen molar-refractivity contribution in [2.75, 3.05) is 38.0 Å². The van der Waals surface area contributed by atoms with E-state index in [2.05, 4.69) is 75.9 Å². The zero-order valence-corrected chi connectivity index (χ0v) is 21.3. The number of aliphatic imine (C=N–C) groups is 1. The number of hydrogen-bond donors (Lipinski definition) is 4. The normalized spacial score (nSPS) is 25.7. The van der Waals surface area contributed by atoms with Gasteiger partial charge in [0.2, 0.25) is 0 Å². The fourth-order valence-electron chi connectivity index (χ4n) is 5.73. The van der Waals surface area contributed by atoms with Crippen molar-refractivity contribution in [3.05, 3.63) is 41.6 Å². The first kappa shape index (κ1) is 24.5. The van der Waals surface area contributed by atoms with Crippen molar-refractivity contribution in [2.45, 2.75) is 76.8 Å². The molecule has 1 aliphatic carbocycles. The lowest BCUT2D eigenvalue weighted by Crippen LogP contribution is -2.44. The standard InChI is InChI=1S/C28H42N6O/c1-3-4-13-30-28-31-18-25-26(19-34(27(25)32-28)23-9-11-24(35)12-10-23)22-7-5-21(6-8-22)20(2)33-16-14-29-15-17-33/h5-8,18-20,23-24,28-30,32,35H,3-4,9-17H2,1-2H3. The third-order valence-electron chi connectivity index (χ3n) is 8.03. The average molecular weight is 479 g/mol. The van der Waals surface area contributed by atoms with Gasteiger partial charge in [-0.3, -0.25) is 15.2 Å². The Bertz CT molecular complexity index is 986. The Labute approximate surface area is 210 Å². The van der Waals surface area contributed by atoms with Gasteiger partial charge in [-0.1, -0.05) is 37.6 Å². The molecule has 1 saturated carbocycles. The van der Waals surface area contributed by atoms with Gasteiger partial charge in [0, 0.05) is 61.8 Å². The van der Waals surface area contributed by atoms with Gasteiger partial charge in [-0.2, -0.15) is 0 Å². The van der Waals surface area contributed by atoms with Crippen LogP contribution in [0.2, 0.25) is 0 Å². The molecular weight excluding hydrogens is 436 g/mol. The summed E-state index contributed by atoms with van der Waals surface area (Å²) < 4.78 is 2.42. The van der Waals surface area contributed by atoms with Crippen LogP contribution in [-0.4, -0.2) is 65.9 Å². The average Bonchev–Trinajstić information content (AvgIpc) is 3.28.